The average molecular weight is 257 g/mol. The molecule has 0 aliphatic heterocycles. The number of nitrogens with one attached hydrogen (secondary N) is 2. The molecule has 1 aromatic heterocycles. The van der Waals surface area contributed by atoms with Gasteiger partial charge in [-0.1, -0.05) is 0 Å². The number of carbonyl (C=O) groups excluding carboxylic acids is 1. The van der Waals surface area contributed by atoms with Crippen LogP contribution in [-0.2, 0) is 16.1 Å². The zero-order valence-electron chi connectivity index (χ0n) is 9.88. The van der Waals surface area contributed by atoms with Gasteiger partial charge in [-0.25, -0.2) is 4.68 Å². The van der Waals surface area contributed by atoms with Crippen molar-refractivity contribution in [1.82, 2.24) is 15.1 Å². The van der Waals surface area contributed by atoms with E-state index in [-0.39, 0.29) is 19.7 Å². The molecule has 1 aromatic rings. The Morgan fingerprint density at radius 1 is 1.56 bits per heavy atom. The van der Waals surface area contributed by atoms with Crippen molar-refractivity contribution in [2.45, 2.75) is 12.6 Å². The molecule has 1 unspecified atom stereocenters. The second-order valence-corrected chi connectivity index (χ2v) is 3.65. The summed E-state index contributed by atoms with van der Waals surface area (Å²) in [4.78, 5) is 33.7. The van der Waals surface area contributed by atoms with Gasteiger partial charge in [-0.2, -0.15) is 0 Å². The van der Waals surface area contributed by atoms with E-state index >= 15 is 0 Å². The fourth-order valence-electron chi connectivity index (χ4n) is 1.26. The highest BCUT2D eigenvalue weighted by Gasteiger charge is 2.08. The number of hydrogen-bond acceptors (Lipinski definition) is 5. The van der Waals surface area contributed by atoms with Crippen LogP contribution < -0.4 is 16.4 Å². The molecule has 0 radical (unpaired) electrons. The van der Waals surface area contributed by atoms with Crippen molar-refractivity contribution in [1.29, 1.82) is 0 Å². The minimum atomic E-state index is -0.814. The summed E-state index contributed by atoms with van der Waals surface area (Å²) in [6.45, 7) is -0.199. The van der Waals surface area contributed by atoms with Crippen LogP contribution in [-0.4, -0.2) is 47.2 Å². The van der Waals surface area contributed by atoms with Crippen LogP contribution in [0, 0.1) is 0 Å². The highest BCUT2D eigenvalue weighted by molar-refractivity contribution is 5.75. The first kappa shape index (κ1) is 14.1. The van der Waals surface area contributed by atoms with Crippen LogP contribution in [0.1, 0.15) is 0 Å². The molecule has 1 amide bonds. The third kappa shape index (κ3) is 4.52. The highest BCUT2D eigenvalue weighted by atomic mass is 16.5. The van der Waals surface area contributed by atoms with Gasteiger partial charge in [-0.15, -0.1) is 0 Å². The molecule has 1 heterocycles. The number of H-pyrrole nitrogens is 1. The molecular formula is C10H15N3O5. The summed E-state index contributed by atoms with van der Waals surface area (Å²) in [6.07, 6.45) is -0.814. The normalized spacial score (nSPS) is 12.1. The van der Waals surface area contributed by atoms with Crippen LogP contribution in [0.3, 0.4) is 0 Å². The minimum Gasteiger partial charge on any atom is -0.389 e. The Morgan fingerprint density at radius 3 is 2.94 bits per heavy atom. The summed E-state index contributed by atoms with van der Waals surface area (Å²) in [7, 11) is 1.43. The lowest BCUT2D eigenvalue weighted by atomic mass is 10.3. The zero-order valence-corrected chi connectivity index (χ0v) is 9.88. The number of aliphatic hydroxyl groups excluding tert-OH is 1. The molecule has 3 N–H and O–H groups in total. The third-order valence-electron chi connectivity index (χ3n) is 2.08. The summed E-state index contributed by atoms with van der Waals surface area (Å²) in [5.74, 6) is -0.492. The number of hydrogen-bond donors (Lipinski definition) is 3. The average Bonchev–Trinajstić information content (AvgIpc) is 2.32. The molecule has 0 aliphatic carbocycles. The van der Waals surface area contributed by atoms with E-state index in [4.69, 9.17) is 0 Å². The van der Waals surface area contributed by atoms with Gasteiger partial charge in [0.15, 0.2) is 0 Å². The topological polar surface area (TPSA) is 113 Å². The molecule has 0 saturated carbocycles. The summed E-state index contributed by atoms with van der Waals surface area (Å²) >= 11 is 0. The largest absolute Gasteiger partial charge is 0.389 e. The second-order valence-electron chi connectivity index (χ2n) is 3.65. The first-order chi connectivity index (χ1) is 8.52. The molecule has 100 valence electrons. The van der Waals surface area contributed by atoms with Crippen LogP contribution in [0.5, 0.6) is 0 Å². The van der Waals surface area contributed by atoms with Crippen molar-refractivity contribution in [2.75, 3.05) is 20.3 Å². The Balaban J connectivity index is 2.52. The summed E-state index contributed by atoms with van der Waals surface area (Å²) in [5.41, 5.74) is -0.955. The highest BCUT2D eigenvalue weighted by Crippen LogP contribution is 1.82. The van der Waals surface area contributed by atoms with Gasteiger partial charge in [0.2, 0.25) is 5.91 Å². The quantitative estimate of drug-likeness (QED) is 0.528. The lowest BCUT2D eigenvalue weighted by molar-refractivity contribution is -0.122. The molecule has 0 aliphatic rings. The fraction of sp³-hybridized carbons (Fsp3) is 0.500. The molecule has 0 saturated heterocycles. The first-order valence-electron chi connectivity index (χ1n) is 5.27. The third-order valence-corrected chi connectivity index (χ3v) is 2.08. The van der Waals surface area contributed by atoms with E-state index in [0.29, 0.717) is 0 Å². The second kappa shape index (κ2) is 6.72. The molecule has 1 rings (SSSR count). The summed E-state index contributed by atoms with van der Waals surface area (Å²) in [5, 5.41) is 13.9. The maximum atomic E-state index is 11.4. The number of aromatic nitrogens is 2. The van der Waals surface area contributed by atoms with Crippen molar-refractivity contribution >= 4 is 5.91 Å². The number of methoxy groups -OCH3 is 1. The summed E-state index contributed by atoms with van der Waals surface area (Å²) in [6, 6.07) is 2.16. The Morgan fingerprint density at radius 2 is 2.28 bits per heavy atom. The van der Waals surface area contributed by atoms with Gasteiger partial charge in [0.05, 0.1) is 12.7 Å². The van der Waals surface area contributed by atoms with E-state index < -0.39 is 23.1 Å². The standard InChI is InChI=1S/C10H15N3O5/c1-18-6-7(14)4-11-9(16)5-13-10(17)3-2-8(15)12-13/h2-3,7,14H,4-6H2,1H3,(H,11,16)(H,12,15). The molecule has 8 heteroatoms. The van der Waals surface area contributed by atoms with Crippen molar-refractivity contribution in [3.05, 3.63) is 32.8 Å². The maximum absolute atomic E-state index is 11.4. The summed E-state index contributed by atoms with van der Waals surface area (Å²) < 4.78 is 5.57. The van der Waals surface area contributed by atoms with Crippen LogP contribution >= 0.6 is 0 Å². The van der Waals surface area contributed by atoms with Crippen molar-refractivity contribution in [3.63, 3.8) is 0 Å². The van der Waals surface area contributed by atoms with Gasteiger partial charge in [0, 0.05) is 25.8 Å². The van der Waals surface area contributed by atoms with E-state index in [0.717, 1.165) is 16.8 Å². The molecule has 8 nitrogen and oxygen atoms in total. The van der Waals surface area contributed by atoms with Gasteiger partial charge in [-0.3, -0.25) is 19.5 Å². The van der Waals surface area contributed by atoms with Crippen molar-refractivity contribution in [3.8, 4) is 0 Å². The van der Waals surface area contributed by atoms with Gasteiger partial charge in [-0.05, 0) is 0 Å². The van der Waals surface area contributed by atoms with Gasteiger partial charge in [0.1, 0.15) is 6.54 Å². The van der Waals surface area contributed by atoms with Crippen LogP contribution in [0.25, 0.3) is 0 Å². The van der Waals surface area contributed by atoms with Crippen molar-refractivity contribution in [2.24, 2.45) is 0 Å². The molecule has 18 heavy (non-hydrogen) atoms. The molecular weight excluding hydrogens is 242 g/mol. The van der Waals surface area contributed by atoms with Gasteiger partial charge < -0.3 is 15.2 Å². The first-order valence-corrected chi connectivity index (χ1v) is 5.27. The SMILES string of the molecule is COCC(O)CNC(=O)Cn1[nH]c(=O)ccc1=O. The van der Waals surface area contributed by atoms with Crippen LogP contribution in [0.15, 0.2) is 21.7 Å². The lowest BCUT2D eigenvalue weighted by Gasteiger charge is -2.11. The molecule has 0 fully saturated rings. The number of ether oxygens (including phenoxy) is 1. The van der Waals surface area contributed by atoms with Crippen molar-refractivity contribution < 1.29 is 14.6 Å². The Hall–Kier alpha value is -1.93. The number of rotatable bonds is 6. The predicted octanol–water partition coefficient (Wildman–Crippen LogP) is -2.34. The zero-order chi connectivity index (χ0) is 13.5. The monoisotopic (exact) mass is 257 g/mol. The predicted molar refractivity (Wildman–Crippen MR) is 62.2 cm³/mol. The Labute approximate surface area is 102 Å². The van der Waals surface area contributed by atoms with Gasteiger partial charge in [0.25, 0.3) is 11.1 Å². The molecule has 0 spiro atoms. The lowest BCUT2D eigenvalue weighted by Crippen LogP contribution is -2.39. The Bertz CT molecular complexity index is 507. The number of nitrogens with zero attached hydrogens (tertiary/aromatic N) is 1. The van der Waals surface area contributed by atoms with E-state index in [1.54, 1.807) is 0 Å². The maximum Gasteiger partial charge on any atom is 0.265 e. The van der Waals surface area contributed by atoms with E-state index in [1.807, 2.05) is 0 Å². The number of amides is 1. The van der Waals surface area contributed by atoms with E-state index in [1.165, 1.54) is 7.11 Å². The molecule has 1 atom stereocenters. The number of carbonyl (C=O) groups is 1. The number of aliphatic hydroxyl groups is 1. The van der Waals surface area contributed by atoms with Crippen LogP contribution in [0.2, 0.25) is 0 Å². The minimum absolute atomic E-state index is 0.0124. The van der Waals surface area contributed by atoms with E-state index in [9.17, 15) is 19.5 Å². The fourth-order valence-corrected chi connectivity index (χ4v) is 1.26. The van der Waals surface area contributed by atoms with Gasteiger partial charge >= 0.3 is 0 Å². The smallest absolute Gasteiger partial charge is 0.265 e. The molecule has 0 bridgehead atoms. The van der Waals surface area contributed by atoms with Crippen LogP contribution in [0.4, 0.5) is 0 Å². The Kier molecular flexibility index (Phi) is 5.28. The number of aromatic amines is 1. The molecule has 0 aromatic carbocycles. The van der Waals surface area contributed by atoms with E-state index in [2.05, 4.69) is 15.2 Å².